The molecule has 117 heavy (non-hydrogen) atoms. The van der Waals surface area contributed by atoms with Crippen molar-refractivity contribution in [3.8, 4) is 5.75 Å². The lowest BCUT2D eigenvalue weighted by Crippen LogP contribution is -2.61. The van der Waals surface area contributed by atoms with Crippen molar-refractivity contribution in [2.45, 2.75) is 252 Å². The van der Waals surface area contributed by atoms with Crippen molar-refractivity contribution >= 4 is 111 Å². The van der Waals surface area contributed by atoms with Crippen LogP contribution in [0.2, 0.25) is 0 Å². The summed E-state index contributed by atoms with van der Waals surface area (Å²) in [5, 5.41) is 34.0. The van der Waals surface area contributed by atoms with Gasteiger partial charge in [0, 0.05) is 116 Å². The Morgan fingerprint density at radius 1 is 0.607 bits per heavy atom. The molecule has 8 fully saturated rings. The Hall–Kier alpha value is -4.35. The van der Waals surface area contributed by atoms with E-state index in [9.17, 15) is 39.3 Å². The summed E-state index contributed by atoms with van der Waals surface area (Å²) in [4.78, 5) is 69.5. The first-order valence-corrected chi connectivity index (χ1v) is 48.0. The van der Waals surface area contributed by atoms with Crippen molar-refractivity contribution in [3.63, 3.8) is 0 Å². The van der Waals surface area contributed by atoms with E-state index in [4.69, 9.17) is 83.8 Å². The number of ketones is 2. The maximum Gasteiger partial charge on any atom is 0.415 e. The third-order valence-electron chi connectivity index (χ3n) is 32.1. The molecule has 14 nitrogen and oxygen atoms in total. The molecule has 14 rings (SSSR count). The number of hydrogen-bond acceptors (Lipinski definition) is 13. The molecule has 3 N–H and O–H groups in total. The summed E-state index contributed by atoms with van der Waals surface area (Å²) < 4.78 is 17.1. The predicted octanol–water partition coefficient (Wildman–Crippen LogP) is 21.1. The van der Waals surface area contributed by atoms with Gasteiger partial charge in [0.05, 0.1) is 18.6 Å². The molecule has 11 aliphatic carbocycles. The maximum absolute atomic E-state index is 13.5. The highest BCUT2D eigenvalue weighted by Crippen LogP contribution is 2.70. The second-order valence-corrected chi connectivity index (χ2v) is 40.8. The van der Waals surface area contributed by atoms with E-state index in [0.29, 0.717) is 116 Å². The molecule has 0 aromatic heterocycles. The number of nitrogens with zero attached hydrogens (tertiary/aromatic N) is 3. The van der Waals surface area contributed by atoms with Crippen molar-refractivity contribution in [1.29, 1.82) is 0 Å². The van der Waals surface area contributed by atoms with Gasteiger partial charge in [0.1, 0.15) is 17.5 Å². The van der Waals surface area contributed by atoms with Gasteiger partial charge in [-0.3, -0.25) is 19.2 Å². The number of aliphatic hydroxyl groups excluding tert-OH is 2. The van der Waals surface area contributed by atoms with Gasteiger partial charge in [0.2, 0.25) is 5.78 Å². The molecule has 3 aromatic rings. The van der Waals surface area contributed by atoms with Gasteiger partial charge >= 0.3 is 18.0 Å². The van der Waals surface area contributed by atoms with Gasteiger partial charge in [-0.1, -0.05) is 128 Å². The number of benzene rings is 3. The maximum atomic E-state index is 13.5. The van der Waals surface area contributed by atoms with E-state index < -0.39 is 47.0 Å². The number of ether oxygens (including phenoxy) is 3. The Balaban J connectivity index is 0.000000165. The summed E-state index contributed by atoms with van der Waals surface area (Å²) in [6.07, 6.45) is 31.9. The van der Waals surface area contributed by atoms with Crippen LogP contribution in [0, 0.1) is 92.2 Å². The van der Waals surface area contributed by atoms with Crippen LogP contribution >= 0.6 is 69.6 Å². The van der Waals surface area contributed by atoms with E-state index in [-0.39, 0.29) is 71.8 Å². The highest BCUT2D eigenvalue weighted by Gasteiger charge is 2.69. The monoisotopic (exact) mass is 1730 g/mol. The smallest absolute Gasteiger partial charge is 0.415 e. The number of alkyl halides is 6. The number of aryl methyl sites for hydroxylation is 2. The van der Waals surface area contributed by atoms with E-state index in [1.807, 2.05) is 61.5 Å². The minimum Gasteiger partial charge on any atom is -0.462 e. The van der Waals surface area contributed by atoms with Crippen molar-refractivity contribution in [2.24, 2.45) is 92.2 Å². The predicted molar refractivity (Wildman–Crippen MR) is 475 cm³/mol. The highest BCUT2D eigenvalue weighted by molar-refractivity contribution is 6.19. The lowest BCUT2D eigenvalue weighted by Gasteiger charge is -2.59. The van der Waals surface area contributed by atoms with Crippen LogP contribution in [0.4, 0.5) is 16.2 Å². The zero-order valence-corrected chi connectivity index (χ0v) is 75.7. The van der Waals surface area contributed by atoms with Crippen molar-refractivity contribution in [2.75, 3.05) is 91.0 Å². The number of fused-ring (bicyclic) bond motifs is 15. The number of halogens is 6. The summed E-state index contributed by atoms with van der Waals surface area (Å²) in [7, 11) is 0. The second-order valence-electron chi connectivity index (χ2n) is 38.6. The number of rotatable bonds is 30. The van der Waals surface area contributed by atoms with E-state index >= 15 is 0 Å². The molecule has 1 amide bonds. The number of hydrogen-bond donors (Lipinski definition) is 3. The fraction of sp³-hybridized carbons (Fsp3) is 0.701. The summed E-state index contributed by atoms with van der Waals surface area (Å²) in [5.74, 6) is 9.43. The fourth-order valence-electron chi connectivity index (χ4n) is 25.8. The van der Waals surface area contributed by atoms with Crippen molar-refractivity contribution < 1.29 is 53.5 Å². The molecule has 0 bridgehead atoms. The summed E-state index contributed by atoms with van der Waals surface area (Å²) in [6.45, 7) is 22.2. The summed E-state index contributed by atoms with van der Waals surface area (Å²) >= 11 is 35.3. The lowest BCUT2D eigenvalue weighted by atomic mass is 9.46. The Labute approximate surface area is 729 Å². The Morgan fingerprint density at radius 2 is 1.23 bits per heavy atom. The number of amides is 1. The molecule has 0 saturated heterocycles. The summed E-state index contributed by atoms with van der Waals surface area (Å²) in [6, 6.07) is 22.4. The minimum atomic E-state index is -1.66. The Kier molecular flexibility index (Phi) is 31.5. The number of allylic oxidation sites excluding steroid dienone is 5. The minimum absolute atomic E-state index is 0.0103. The molecule has 0 spiro atoms. The molecule has 20 heteroatoms. The van der Waals surface area contributed by atoms with Crippen molar-refractivity contribution in [3.05, 3.63) is 124 Å². The van der Waals surface area contributed by atoms with Crippen LogP contribution < -0.4 is 14.5 Å². The van der Waals surface area contributed by atoms with Crippen LogP contribution in [0.1, 0.15) is 231 Å². The molecule has 8 saturated carbocycles. The topological polar surface area (TPSA) is 183 Å². The van der Waals surface area contributed by atoms with Crippen LogP contribution in [-0.4, -0.2) is 155 Å². The van der Waals surface area contributed by atoms with E-state index in [1.54, 1.807) is 22.6 Å². The quantitative estimate of drug-likeness (QED) is 0.0326. The molecule has 0 heterocycles. The number of Topliss-reactive ketones (excluding diaryl/α,β-unsaturated/α-hetero) is 1. The number of aliphatic hydroxyl groups is 3. The van der Waals surface area contributed by atoms with Gasteiger partial charge in [-0.25, -0.2) is 4.79 Å². The van der Waals surface area contributed by atoms with Crippen LogP contribution in [0.25, 0.3) is 0 Å². The first-order valence-electron chi connectivity index (χ1n) is 44.8. The summed E-state index contributed by atoms with van der Waals surface area (Å²) in [5.41, 5.74) is 7.62. The highest BCUT2D eigenvalue weighted by atomic mass is 35.5. The van der Waals surface area contributed by atoms with Crippen LogP contribution in [-0.2, 0) is 47.9 Å². The number of esters is 2. The average Bonchev–Trinajstić information content (AvgIpc) is 1.58. The van der Waals surface area contributed by atoms with Gasteiger partial charge in [-0.15, -0.1) is 69.6 Å². The molecule has 11 aliphatic rings. The number of carbonyl (C=O) groups excluding carboxylic acids is 5. The third kappa shape index (κ3) is 19.8. The van der Waals surface area contributed by atoms with Crippen LogP contribution in [0.3, 0.4) is 0 Å². The van der Waals surface area contributed by atoms with E-state index in [2.05, 4.69) is 82.5 Å². The van der Waals surface area contributed by atoms with Gasteiger partial charge in [-0.2, -0.15) is 0 Å². The lowest BCUT2D eigenvalue weighted by molar-refractivity contribution is -0.181. The van der Waals surface area contributed by atoms with Crippen molar-refractivity contribution in [1.82, 2.24) is 4.90 Å². The molecule has 0 radical (unpaired) electrons. The number of anilines is 2. The van der Waals surface area contributed by atoms with E-state index in [1.165, 1.54) is 62.5 Å². The van der Waals surface area contributed by atoms with Gasteiger partial charge in [0.15, 0.2) is 12.4 Å². The molecular formula is C97H135Cl6N3O11. The Morgan fingerprint density at radius 3 is 1.89 bits per heavy atom. The zero-order chi connectivity index (χ0) is 83.8. The SMILES string of the molecule is CC(C)CCCC(C)C1CC[C@H]2[C@@H]3CC=C4C[C@@H](OC(=O)Cc5ccc(N(CCCl)CCCl)cc5)CC[C@]4(C)[C@H]3CC[C@]12C.C[C@@]12C=CC(=O)C=C1CC[C@H]1[C@H]2[C@H](O)C[C@]2(C)[C@@H]1CC[C@@]2(O)C(=O)COC(=O)CCCc1ccc(N(CCCl)CCCl)cc1.C[C@]12CC[C@@H]3c4ccc(OC(=O)N(CCCl)CCCl)cc4CC[C@H]3[C@@H]1CC[C@@H]2O. The zero-order valence-electron chi connectivity index (χ0n) is 71.1. The molecule has 3 aromatic carbocycles. The Bertz CT molecular complexity index is 3970. The van der Waals surface area contributed by atoms with Gasteiger partial charge < -0.3 is 44.2 Å². The largest absolute Gasteiger partial charge is 0.462 e. The van der Waals surface area contributed by atoms with E-state index in [0.717, 1.165) is 147 Å². The van der Waals surface area contributed by atoms with Crippen LogP contribution in [0.15, 0.2) is 102 Å². The fourth-order valence-corrected chi connectivity index (χ4v) is 27.0. The molecular weight excluding hydrogens is 1600 g/mol. The molecule has 0 aliphatic heterocycles. The van der Waals surface area contributed by atoms with Gasteiger partial charge in [0.25, 0.3) is 0 Å². The first-order chi connectivity index (χ1) is 56.0. The molecule has 20 atom stereocenters. The van der Waals surface area contributed by atoms with Crippen LogP contribution in [0.5, 0.6) is 5.75 Å². The normalized spacial score (nSPS) is 33.6. The van der Waals surface area contributed by atoms with Gasteiger partial charge in [-0.05, 0) is 281 Å². The molecule has 2 unspecified atom stereocenters. The second kappa shape index (κ2) is 40.1. The third-order valence-corrected chi connectivity index (χ3v) is 33.1. The molecule has 646 valence electrons. The average molecular weight is 1730 g/mol. The standard InChI is InChI=1S/C39H59Cl2NO2.C35H45Cl2NO6.C23H31Cl2NO3/c1-27(2)7-6-8-28(3)34-15-16-35-33-14-11-30-26-32(17-19-38(30,4)36(33)18-20-39(34,35)5)44-37(43)25-29-9-12-31(13-10-29)42(23-21-40)24-22-41;1-33-14-12-26(39)20-24(33)8-11-27-28-13-15-35(43,34(28,2)21-29(40)32(27)33)30(41)22-44-31(42)5-3-4-23-6-9-25(10-7-23)38(18-16-36)19-17-37;1-23-9-8-18-17-5-3-16(29-22(28)26(12-10-24)13-11-25)14-15(17)2-4-19(18)20(23)6-7-21(23)27/h9-13,27-28,32-36H,6-8,14-26H2,1-5H3;6-7,9-10,12,14,20,27-29,32,40,43H,3-5,8,11,13,15-19,21-22H2,1-2H3;3,5,14,18-21,27H,2,4,6-13H2,1H3/t28?,32-,33-,34?,35-,36-,38-,39+;27-,28-,29-,32+,33-,34-,35-;18-,19-,20+,21+,23+/m011/s1. The first kappa shape index (κ1) is 91.8. The number of carbonyl (C=O) groups is 5.